The van der Waals surface area contributed by atoms with Crippen LogP contribution in [0.5, 0.6) is 0 Å². The number of thioether (sulfide) groups is 1. The van der Waals surface area contributed by atoms with Gasteiger partial charge in [0, 0.05) is 21.0 Å². The van der Waals surface area contributed by atoms with Crippen molar-refractivity contribution in [1.29, 1.82) is 0 Å². The van der Waals surface area contributed by atoms with Crippen LogP contribution in [0.25, 0.3) is 0 Å². The predicted octanol–water partition coefficient (Wildman–Crippen LogP) is 5.72. The number of amides is 3. The summed E-state index contributed by atoms with van der Waals surface area (Å²) in [5.41, 5.74) is 4.04. The summed E-state index contributed by atoms with van der Waals surface area (Å²) in [7, 11) is 0. The van der Waals surface area contributed by atoms with Crippen molar-refractivity contribution in [2.45, 2.75) is 36.6 Å². The van der Waals surface area contributed by atoms with Gasteiger partial charge in [-0.3, -0.25) is 23.7 Å². The third-order valence-electron chi connectivity index (χ3n) is 7.17. The number of fused-ring (bicyclic) bond motifs is 2. The lowest BCUT2D eigenvalue weighted by molar-refractivity contribution is -0.122. The quantitative estimate of drug-likeness (QED) is 0.284. The molecule has 7 nitrogen and oxygen atoms in total. The second-order valence-corrected chi connectivity index (χ2v) is 13.0. The number of anilines is 2. The van der Waals surface area contributed by atoms with E-state index in [0.29, 0.717) is 21.3 Å². The zero-order chi connectivity index (χ0) is 28.1. The summed E-state index contributed by atoms with van der Waals surface area (Å²) in [4.78, 5) is 55.7. The summed E-state index contributed by atoms with van der Waals surface area (Å²) in [6.07, 6.45) is 0. The first-order chi connectivity index (χ1) is 19.2. The minimum Gasteiger partial charge on any atom is -0.325 e. The Morgan fingerprint density at radius 1 is 0.925 bits per heavy atom. The first-order valence-corrected chi connectivity index (χ1v) is 15.2. The molecule has 3 unspecified atom stereocenters. The largest absolute Gasteiger partial charge is 0.325 e. The molecule has 1 saturated heterocycles. The van der Waals surface area contributed by atoms with Crippen molar-refractivity contribution in [2.75, 3.05) is 10.2 Å². The minimum atomic E-state index is -0.727. The van der Waals surface area contributed by atoms with E-state index in [9.17, 15) is 19.2 Å². The van der Waals surface area contributed by atoms with Gasteiger partial charge in [0.1, 0.15) is 11.8 Å². The fraction of sp³-hybridized carbons (Fsp3) is 0.200. The van der Waals surface area contributed by atoms with Crippen molar-refractivity contribution in [3.63, 3.8) is 0 Å². The van der Waals surface area contributed by atoms with E-state index in [1.165, 1.54) is 21.2 Å². The van der Waals surface area contributed by atoms with Crippen LogP contribution in [0, 0.1) is 19.8 Å². The molecule has 2 aliphatic rings. The molecule has 3 heterocycles. The van der Waals surface area contributed by atoms with Crippen molar-refractivity contribution in [1.82, 2.24) is 4.57 Å². The summed E-state index contributed by atoms with van der Waals surface area (Å²) in [5.74, 6) is -2.12. The molecule has 0 spiro atoms. The van der Waals surface area contributed by atoms with Gasteiger partial charge in [-0.05, 0) is 61.4 Å². The van der Waals surface area contributed by atoms with Crippen molar-refractivity contribution >= 4 is 68.1 Å². The molecule has 3 atom stereocenters. The van der Waals surface area contributed by atoms with Gasteiger partial charge in [0.2, 0.25) is 17.7 Å². The highest BCUT2D eigenvalue weighted by Crippen LogP contribution is 2.53. The molecule has 1 N–H and O–H groups in total. The van der Waals surface area contributed by atoms with Gasteiger partial charge in [-0.25, -0.2) is 4.90 Å². The van der Waals surface area contributed by atoms with Crippen LogP contribution >= 0.6 is 39.0 Å². The van der Waals surface area contributed by atoms with Gasteiger partial charge < -0.3 is 5.32 Å². The second kappa shape index (κ2) is 10.5. The van der Waals surface area contributed by atoms with Gasteiger partial charge in [0.05, 0.1) is 16.6 Å². The number of nitrogens with zero attached hydrogens (tertiary/aromatic N) is 2. The van der Waals surface area contributed by atoms with Crippen LogP contribution in [-0.2, 0) is 20.9 Å². The molecule has 0 saturated carbocycles. The Morgan fingerprint density at radius 3 is 2.35 bits per heavy atom. The number of benzene rings is 3. The monoisotopic (exact) mass is 633 g/mol. The van der Waals surface area contributed by atoms with Gasteiger partial charge >= 0.3 is 4.87 Å². The Labute approximate surface area is 247 Å². The number of aromatic nitrogens is 1. The molecule has 3 aromatic carbocycles. The van der Waals surface area contributed by atoms with E-state index in [0.717, 1.165) is 32.5 Å². The van der Waals surface area contributed by atoms with Crippen molar-refractivity contribution < 1.29 is 14.4 Å². The van der Waals surface area contributed by atoms with Crippen molar-refractivity contribution in [3.05, 3.63) is 109 Å². The lowest BCUT2D eigenvalue weighted by Crippen LogP contribution is -2.33. The fourth-order valence-electron chi connectivity index (χ4n) is 5.30. The highest BCUT2D eigenvalue weighted by Gasteiger charge is 2.56. The Hall–Kier alpha value is -3.47. The summed E-state index contributed by atoms with van der Waals surface area (Å²) in [6.45, 7) is 3.69. The molecule has 40 heavy (non-hydrogen) atoms. The maximum Gasteiger partial charge on any atom is 0.308 e. The van der Waals surface area contributed by atoms with Crippen LogP contribution in [-0.4, -0.2) is 27.5 Å². The van der Waals surface area contributed by atoms with E-state index in [2.05, 4.69) is 21.2 Å². The zero-order valence-corrected chi connectivity index (χ0v) is 24.8. The number of halogens is 1. The number of nitrogens with one attached hydrogen (secondary N) is 1. The lowest BCUT2D eigenvalue weighted by atomic mass is 9.83. The smallest absolute Gasteiger partial charge is 0.308 e. The van der Waals surface area contributed by atoms with E-state index >= 15 is 0 Å². The van der Waals surface area contributed by atoms with Gasteiger partial charge in [-0.15, -0.1) is 0 Å². The van der Waals surface area contributed by atoms with Crippen molar-refractivity contribution in [3.8, 4) is 0 Å². The third kappa shape index (κ3) is 4.74. The summed E-state index contributed by atoms with van der Waals surface area (Å²) < 4.78 is 2.32. The number of rotatable bonds is 5. The number of carbonyl (C=O) groups excluding carboxylic acids is 3. The van der Waals surface area contributed by atoms with Crippen molar-refractivity contribution in [2.24, 2.45) is 5.92 Å². The first kappa shape index (κ1) is 26.7. The molecular weight excluding hydrogens is 610 g/mol. The number of thiazole rings is 1. The highest BCUT2D eigenvalue weighted by molar-refractivity contribution is 9.10. The number of aryl methyl sites for hydroxylation is 2. The zero-order valence-electron chi connectivity index (χ0n) is 21.6. The van der Waals surface area contributed by atoms with Crippen LogP contribution < -0.4 is 15.1 Å². The third-order valence-corrected chi connectivity index (χ3v) is 10.3. The Balaban J connectivity index is 1.41. The highest BCUT2D eigenvalue weighted by atomic mass is 79.9. The fourth-order valence-corrected chi connectivity index (χ4v) is 8.34. The average molecular weight is 635 g/mol. The van der Waals surface area contributed by atoms with Gasteiger partial charge in [-0.1, -0.05) is 81.0 Å². The topological polar surface area (TPSA) is 88.5 Å². The molecule has 3 amide bonds. The van der Waals surface area contributed by atoms with Crippen LogP contribution in [0.3, 0.4) is 0 Å². The number of hydrogen-bond donors (Lipinski definition) is 1. The summed E-state index contributed by atoms with van der Waals surface area (Å²) >= 11 is 5.72. The molecule has 1 fully saturated rings. The van der Waals surface area contributed by atoms with E-state index in [4.69, 9.17) is 0 Å². The van der Waals surface area contributed by atoms with E-state index in [-0.39, 0.29) is 29.1 Å². The molecular formula is C30H24BrN3O4S2. The van der Waals surface area contributed by atoms with Gasteiger partial charge in [0.25, 0.3) is 0 Å². The van der Waals surface area contributed by atoms with Crippen LogP contribution in [0.2, 0.25) is 0 Å². The molecule has 6 rings (SSSR count). The number of carbonyl (C=O) groups is 3. The molecule has 10 heteroatoms. The first-order valence-electron chi connectivity index (χ1n) is 12.7. The molecule has 2 aliphatic heterocycles. The van der Waals surface area contributed by atoms with Crippen LogP contribution in [0.4, 0.5) is 11.4 Å². The Kier molecular flexibility index (Phi) is 7.02. The summed E-state index contributed by atoms with van der Waals surface area (Å²) in [6, 6.07) is 22.4. The molecule has 0 aliphatic carbocycles. The SMILES string of the molecule is Cc1ccc(N2C(=O)C3Sc4c(sc(=O)n4CC(=O)Nc4cccc(C)c4)C(c4ccc(Br)cc4)C3C2=O)cc1. The van der Waals surface area contributed by atoms with Gasteiger partial charge in [0.15, 0.2) is 0 Å². The Morgan fingerprint density at radius 2 is 1.65 bits per heavy atom. The predicted molar refractivity (Wildman–Crippen MR) is 161 cm³/mol. The molecule has 0 radical (unpaired) electrons. The maximum atomic E-state index is 13.9. The van der Waals surface area contributed by atoms with E-state index < -0.39 is 17.1 Å². The lowest BCUT2D eigenvalue weighted by Gasteiger charge is -2.30. The maximum absolute atomic E-state index is 13.9. The van der Waals surface area contributed by atoms with Crippen LogP contribution in [0.15, 0.2) is 87.1 Å². The molecule has 202 valence electrons. The van der Waals surface area contributed by atoms with Crippen LogP contribution in [0.1, 0.15) is 27.5 Å². The van der Waals surface area contributed by atoms with Gasteiger partial charge in [-0.2, -0.15) is 0 Å². The Bertz CT molecular complexity index is 1710. The molecule has 4 aromatic rings. The molecule has 1 aromatic heterocycles. The summed E-state index contributed by atoms with van der Waals surface area (Å²) in [5, 5.41) is 2.70. The molecule has 0 bridgehead atoms. The second-order valence-electron chi connectivity index (χ2n) is 9.98. The van der Waals surface area contributed by atoms with E-state index in [1.807, 2.05) is 68.4 Å². The minimum absolute atomic E-state index is 0.195. The number of imide groups is 1. The number of hydrogen-bond acceptors (Lipinski definition) is 6. The van der Waals surface area contributed by atoms with E-state index in [1.54, 1.807) is 18.2 Å². The average Bonchev–Trinajstić information content (AvgIpc) is 3.36. The standard InChI is InChI=1S/C30H24BrN3O4S2/c1-16-6-12-21(13-7-16)34-27(36)24-23(18-8-10-19(31)11-9-18)26-29(39-25(24)28(34)37)33(30(38)40-26)15-22(35)32-20-5-3-4-17(2)14-20/h3-14,23-25H,15H2,1-2H3,(H,32,35). The normalized spacial score (nSPS) is 19.9.